The number of guanidine groups is 1. The van der Waals surface area contributed by atoms with Crippen LogP contribution in [0.1, 0.15) is 11.4 Å². The number of hydrogen-bond donors (Lipinski definition) is 3. The molecule has 0 radical (unpaired) electrons. The fraction of sp³-hybridized carbons (Fsp3) is 0.273. The molecule has 0 fully saturated rings. The van der Waals surface area contributed by atoms with E-state index in [4.69, 9.17) is 0 Å². The summed E-state index contributed by atoms with van der Waals surface area (Å²) >= 11 is 0. The van der Waals surface area contributed by atoms with Gasteiger partial charge in [0, 0.05) is 27.2 Å². The van der Waals surface area contributed by atoms with Crippen molar-refractivity contribution < 1.29 is 8.42 Å². The van der Waals surface area contributed by atoms with Crippen LogP contribution in [0.2, 0.25) is 0 Å². The van der Waals surface area contributed by atoms with Crippen molar-refractivity contribution in [3.8, 4) is 11.3 Å². The van der Waals surface area contributed by atoms with Gasteiger partial charge >= 0.3 is 0 Å². The predicted octanol–water partition coefficient (Wildman–Crippen LogP) is 2.20. The lowest BCUT2D eigenvalue weighted by Crippen LogP contribution is -2.41. The molecular formula is C22H28N6O2S. The first kappa shape index (κ1) is 22.5. The third-order valence-electron chi connectivity index (χ3n) is 4.67. The number of aromatic amines is 1. The minimum atomic E-state index is -3.40. The van der Waals surface area contributed by atoms with Crippen LogP contribution in [0.3, 0.4) is 0 Å². The van der Waals surface area contributed by atoms with E-state index in [1.807, 2.05) is 72.6 Å². The molecule has 3 N–H and O–H groups in total. The number of nitrogens with zero attached hydrogens (tertiary/aromatic N) is 3. The molecule has 2 aromatic carbocycles. The number of benzene rings is 2. The van der Waals surface area contributed by atoms with Crippen molar-refractivity contribution >= 4 is 16.0 Å². The molecule has 1 aromatic heterocycles. The summed E-state index contributed by atoms with van der Waals surface area (Å²) in [6.07, 6.45) is 1.81. The first-order valence-electron chi connectivity index (χ1n) is 9.99. The zero-order chi connectivity index (χ0) is 22.1. The summed E-state index contributed by atoms with van der Waals surface area (Å²) in [4.78, 5) is 13.9. The lowest BCUT2D eigenvalue weighted by atomic mass is 10.2. The average Bonchev–Trinajstić information content (AvgIpc) is 3.25. The van der Waals surface area contributed by atoms with Crippen molar-refractivity contribution in [2.75, 3.05) is 26.4 Å². The summed E-state index contributed by atoms with van der Waals surface area (Å²) in [5.41, 5.74) is 2.94. The van der Waals surface area contributed by atoms with Crippen molar-refractivity contribution in [3.05, 3.63) is 78.2 Å². The Labute approximate surface area is 183 Å². The molecule has 0 saturated heterocycles. The lowest BCUT2D eigenvalue weighted by molar-refractivity contribution is 0.465. The van der Waals surface area contributed by atoms with Gasteiger partial charge in [-0.3, -0.25) is 4.99 Å². The Kier molecular flexibility index (Phi) is 7.80. The van der Waals surface area contributed by atoms with Crippen molar-refractivity contribution in [2.45, 2.75) is 13.1 Å². The van der Waals surface area contributed by atoms with Crippen LogP contribution >= 0.6 is 0 Å². The molecule has 0 bridgehead atoms. The lowest BCUT2D eigenvalue weighted by Gasteiger charge is -2.21. The summed E-state index contributed by atoms with van der Waals surface area (Å²) in [6.45, 7) is 1.03. The van der Waals surface area contributed by atoms with Gasteiger partial charge in [-0.15, -0.1) is 0 Å². The highest BCUT2D eigenvalue weighted by molar-refractivity contribution is 7.89. The first-order chi connectivity index (χ1) is 15.0. The van der Waals surface area contributed by atoms with Crippen LogP contribution in [0.25, 0.3) is 11.3 Å². The van der Waals surface area contributed by atoms with Crippen molar-refractivity contribution in [1.29, 1.82) is 0 Å². The number of aliphatic imine (C=N–C) groups is 1. The summed E-state index contributed by atoms with van der Waals surface area (Å²) in [5, 5.41) is 3.10. The number of hydrogen-bond acceptors (Lipinski definition) is 4. The monoisotopic (exact) mass is 440 g/mol. The van der Waals surface area contributed by atoms with Crippen molar-refractivity contribution in [3.63, 3.8) is 0 Å². The molecule has 0 amide bonds. The molecule has 0 unspecified atom stereocenters. The van der Waals surface area contributed by atoms with Crippen LogP contribution in [0.4, 0.5) is 0 Å². The van der Waals surface area contributed by atoms with Crippen LogP contribution in [-0.2, 0) is 23.1 Å². The summed E-state index contributed by atoms with van der Waals surface area (Å²) in [6, 6.07) is 19.4. The van der Waals surface area contributed by atoms with E-state index in [0.29, 0.717) is 12.5 Å². The van der Waals surface area contributed by atoms with Gasteiger partial charge in [0.2, 0.25) is 10.0 Å². The maximum absolute atomic E-state index is 12.3. The molecule has 3 aromatic rings. The number of H-pyrrole nitrogens is 1. The second-order valence-electron chi connectivity index (χ2n) is 7.07. The number of aromatic nitrogens is 2. The Balaban J connectivity index is 1.48. The average molecular weight is 441 g/mol. The first-order valence-corrected chi connectivity index (χ1v) is 11.6. The Hall–Kier alpha value is -3.17. The van der Waals surface area contributed by atoms with Gasteiger partial charge in [-0.25, -0.2) is 18.1 Å². The molecule has 0 aliphatic heterocycles. The van der Waals surface area contributed by atoms with Gasteiger partial charge < -0.3 is 15.2 Å². The zero-order valence-electron chi connectivity index (χ0n) is 17.7. The normalized spacial score (nSPS) is 12.0. The van der Waals surface area contributed by atoms with Gasteiger partial charge in [0.15, 0.2) is 5.96 Å². The smallest absolute Gasteiger partial charge is 0.213 e. The van der Waals surface area contributed by atoms with E-state index in [1.54, 1.807) is 13.2 Å². The number of imidazole rings is 1. The summed E-state index contributed by atoms with van der Waals surface area (Å²) < 4.78 is 27.1. The number of sulfonamides is 1. The zero-order valence-corrected chi connectivity index (χ0v) is 18.6. The van der Waals surface area contributed by atoms with Gasteiger partial charge in [-0.2, -0.15) is 0 Å². The largest absolute Gasteiger partial charge is 0.355 e. The van der Waals surface area contributed by atoms with E-state index in [2.05, 4.69) is 25.0 Å². The third-order valence-corrected chi connectivity index (χ3v) is 5.99. The van der Waals surface area contributed by atoms with Crippen LogP contribution in [-0.4, -0.2) is 55.6 Å². The molecule has 1 heterocycles. The van der Waals surface area contributed by atoms with E-state index in [9.17, 15) is 8.42 Å². The molecule has 0 spiro atoms. The maximum atomic E-state index is 12.3. The van der Waals surface area contributed by atoms with Crippen LogP contribution in [0.15, 0.2) is 71.9 Å². The van der Waals surface area contributed by atoms with Crippen LogP contribution in [0.5, 0.6) is 0 Å². The van der Waals surface area contributed by atoms with Gasteiger partial charge in [0.25, 0.3) is 0 Å². The van der Waals surface area contributed by atoms with Crippen LogP contribution in [0, 0.1) is 0 Å². The number of rotatable bonds is 9. The van der Waals surface area contributed by atoms with E-state index in [0.717, 1.165) is 22.6 Å². The molecule has 0 aliphatic carbocycles. The Bertz CT molecular complexity index is 1080. The van der Waals surface area contributed by atoms with E-state index in [1.165, 1.54) is 0 Å². The van der Waals surface area contributed by atoms with Crippen molar-refractivity contribution in [2.24, 2.45) is 4.99 Å². The summed E-state index contributed by atoms with van der Waals surface area (Å²) in [5.74, 6) is 1.34. The second-order valence-corrected chi connectivity index (χ2v) is 8.99. The molecule has 31 heavy (non-hydrogen) atoms. The molecular weight excluding hydrogens is 412 g/mol. The van der Waals surface area contributed by atoms with E-state index < -0.39 is 10.0 Å². The highest BCUT2D eigenvalue weighted by Crippen LogP contribution is 2.16. The minimum Gasteiger partial charge on any atom is -0.355 e. The fourth-order valence-electron chi connectivity index (χ4n) is 3.05. The van der Waals surface area contributed by atoms with Gasteiger partial charge in [-0.1, -0.05) is 60.7 Å². The fourth-order valence-corrected chi connectivity index (χ4v) is 3.95. The Morgan fingerprint density at radius 3 is 2.45 bits per heavy atom. The summed E-state index contributed by atoms with van der Waals surface area (Å²) in [7, 11) is 0.142. The van der Waals surface area contributed by atoms with E-state index in [-0.39, 0.29) is 18.8 Å². The number of nitrogens with one attached hydrogen (secondary N) is 3. The maximum Gasteiger partial charge on any atom is 0.213 e. The SMILES string of the molecule is CN=C(NCCS(=O)(=O)NCc1ccccc1)N(C)Cc1ncc(-c2ccccc2)[nH]1. The van der Waals surface area contributed by atoms with E-state index >= 15 is 0 Å². The standard InChI is InChI=1S/C22H28N6O2S/c1-23-22(24-13-14-31(29,30)26-15-18-9-5-3-6-10-18)28(2)17-21-25-16-20(27-21)19-11-7-4-8-12-19/h3-12,16,26H,13-15,17H2,1-2H3,(H,23,24)(H,25,27). The molecule has 8 nitrogen and oxygen atoms in total. The molecule has 9 heteroatoms. The molecule has 0 aliphatic rings. The predicted molar refractivity (Wildman–Crippen MR) is 124 cm³/mol. The second kappa shape index (κ2) is 10.7. The van der Waals surface area contributed by atoms with Gasteiger partial charge in [-0.05, 0) is 11.1 Å². The highest BCUT2D eigenvalue weighted by Gasteiger charge is 2.13. The topological polar surface area (TPSA) is 102 Å². The minimum absolute atomic E-state index is 0.0500. The molecule has 0 saturated carbocycles. The third kappa shape index (κ3) is 6.94. The highest BCUT2D eigenvalue weighted by atomic mass is 32.2. The Morgan fingerprint density at radius 2 is 1.77 bits per heavy atom. The van der Waals surface area contributed by atoms with Gasteiger partial charge in [0.1, 0.15) is 5.82 Å². The van der Waals surface area contributed by atoms with Gasteiger partial charge in [0.05, 0.1) is 24.2 Å². The van der Waals surface area contributed by atoms with Crippen LogP contribution < -0.4 is 10.0 Å². The quantitative estimate of drug-likeness (QED) is 0.350. The molecule has 0 atom stereocenters. The Morgan fingerprint density at radius 1 is 1.10 bits per heavy atom. The molecule has 3 rings (SSSR count). The van der Waals surface area contributed by atoms with Crippen molar-refractivity contribution in [1.82, 2.24) is 24.9 Å². The molecule has 164 valence electrons.